The van der Waals surface area contributed by atoms with Gasteiger partial charge in [0.1, 0.15) is 11.5 Å². The second-order valence-electron chi connectivity index (χ2n) is 8.38. The molecule has 6 nitrogen and oxygen atoms in total. The molecule has 176 valence electrons. The lowest BCUT2D eigenvalue weighted by molar-refractivity contribution is -0.139. The van der Waals surface area contributed by atoms with E-state index < -0.39 is 17.7 Å². The van der Waals surface area contributed by atoms with Crippen LogP contribution in [-0.2, 0) is 16.0 Å². The summed E-state index contributed by atoms with van der Waals surface area (Å²) in [5.41, 5.74) is 3.36. The van der Waals surface area contributed by atoms with Gasteiger partial charge in [0.15, 0.2) is 0 Å². The Balaban J connectivity index is 1.56. The molecule has 1 aliphatic heterocycles. The zero-order valence-corrected chi connectivity index (χ0v) is 20.6. The highest BCUT2D eigenvalue weighted by Crippen LogP contribution is 2.40. The van der Waals surface area contributed by atoms with E-state index in [4.69, 9.17) is 4.74 Å². The van der Waals surface area contributed by atoms with Crippen molar-refractivity contribution < 1.29 is 19.4 Å². The van der Waals surface area contributed by atoms with Gasteiger partial charge in [0, 0.05) is 33.7 Å². The molecule has 1 aromatic heterocycles. The van der Waals surface area contributed by atoms with Gasteiger partial charge in [-0.05, 0) is 47.9 Å². The van der Waals surface area contributed by atoms with Gasteiger partial charge in [-0.15, -0.1) is 0 Å². The minimum atomic E-state index is -0.713. The number of Topliss-reactive ketones (excluding diaryl/α,β-unsaturated/α-hetero) is 1. The number of likely N-dealkylation sites (tertiary alicyclic amines) is 1. The van der Waals surface area contributed by atoms with Crippen molar-refractivity contribution >= 4 is 44.3 Å². The summed E-state index contributed by atoms with van der Waals surface area (Å²) in [6, 6.07) is 21.5. The van der Waals surface area contributed by atoms with Crippen molar-refractivity contribution in [2.45, 2.75) is 12.5 Å². The van der Waals surface area contributed by atoms with Crippen molar-refractivity contribution in [1.82, 2.24) is 9.88 Å². The lowest BCUT2D eigenvalue weighted by atomic mass is 9.95. The molecule has 1 amide bonds. The first-order valence-electron chi connectivity index (χ1n) is 11.2. The van der Waals surface area contributed by atoms with Crippen LogP contribution in [0.4, 0.5) is 0 Å². The number of para-hydroxylation sites is 1. The number of nitrogens with one attached hydrogen (secondary N) is 1. The van der Waals surface area contributed by atoms with Crippen molar-refractivity contribution in [3.8, 4) is 5.75 Å². The minimum absolute atomic E-state index is 0.0846. The van der Waals surface area contributed by atoms with Crippen molar-refractivity contribution in [1.29, 1.82) is 0 Å². The lowest BCUT2D eigenvalue weighted by Crippen LogP contribution is -2.31. The van der Waals surface area contributed by atoms with Crippen molar-refractivity contribution in [2.24, 2.45) is 0 Å². The van der Waals surface area contributed by atoms with Crippen LogP contribution in [0, 0.1) is 0 Å². The predicted octanol–water partition coefficient (Wildman–Crippen LogP) is 5.60. The summed E-state index contributed by atoms with van der Waals surface area (Å²) in [5, 5.41) is 12.3. The van der Waals surface area contributed by atoms with Crippen LogP contribution in [0.2, 0.25) is 0 Å². The molecule has 0 spiro atoms. The molecule has 0 radical (unpaired) electrons. The quantitative estimate of drug-likeness (QED) is 0.193. The Kier molecular flexibility index (Phi) is 6.17. The van der Waals surface area contributed by atoms with Gasteiger partial charge in [-0.2, -0.15) is 0 Å². The highest BCUT2D eigenvalue weighted by Gasteiger charge is 2.45. The number of aromatic amines is 1. The third-order valence-electron chi connectivity index (χ3n) is 6.39. The largest absolute Gasteiger partial charge is 0.507 e. The number of hydrogen-bond acceptors (Lipinski definition) is 4. The topological polar surface area (TPSA) is 82.6 Å². The zero-order chi connectivity index (χ0) is 24.5. The first kappa shape index (κ1) is 22.9. The minimum Gasteiger partial charge on any atom is -0.507 e. The number of H-pyrrole nitrogens is 1. The maximum absolute atomic E-state index is 13.2. The number of carbonyl (C=O) groups is 2. The second-order valence-corrected chi connectivity index (χ2v) is 9.30. The van der Waals surface area contributed by atoms with E-state index in [-0.39, 0.29) is 11.3 Å². The Bertz CT molecular complexity index is 1440. The molecular weight excluding hydrogens is 508 g/mol. The fourth-order valence-electron chi connectivity index (χ4n) is 4.59. The number of aliphatic hydroxyl groups is 1. The molecule has 2 N–H and O–H groups in total. The summed E-state index contributed by atoms with van der Waals surface area (Å²) in [6.45, 7) is 0.320. The molecule has 0 bridgehead atoms. The molecule has 0 saturated carbocycles. The summed E-state index contributed by atoms with van der Waals surface area (Å²) < 4.78 is 6.12. The zero-order valence-electron chi connectivity index (χ0n) is 19.0. The number of benzene rings is 3. The van der Waals surface area contributed by atoms with Crippen LogP contribution in [0.1, 0.15) is 22.7 Å². The number of halogens is 1. The molecule has 1 atom stereocenters. The third kappa shape index (κ3) is 4.23. The molecule has 0 aliphatic carbocycles. The normalized spacial score (nSPS) is 17.3. The average Bonchev–Trinajstić information content (AvgIpc) is 3.41. The average molecular weight is 531 g/mol. The molecule has 5 rings (SSSR count). The number of aliphatic hydroxyl groups excluding tert-OH is 1. The molecule has 35 heavy (non-hydrogen) atoms. The number of ether oxygens (including phenoxy) is 1. The number of aromatic nitrogens is 1. The number of amides is 1. The number of rotatable bonds is 6. The molecule has 1 saturated heterocycles. The Hall–Kier alpha value is -3.84. The van der Waals surface area contributed by atoms with E-state index >= 15 is 0 Å². The Morgan fingerprint density at radius 1 is 1.03 bits per heavy atom. The number of hydrogen-bond donors (Lipinski definition) is 2. The van der Waals surface area contributed by atoms with Gasteiger partial charge < -0.3 is 19.7 Å². The van der Waals surface area contributed by atoms with Crippen LogP contribution < -0.4 is 4.74 Å². The number of carbonyl (C=O) groups excluding carboxylic acids is 2. The molecule has 1 fully saturated rings. The molecular formula is C28H23BrN2O4. The molecule has 4 aromatic rings. The third-order valence-corrected chi connectivity index (χ3v) is 6.91. The molecule has 3 aromatic carbocycles. The van der Waals surface area contributed by atoms with Crippen LogP contribution in [0.25, 0.3) is 16.7 Å². The first-order valence-corrected chi connectivity index (χ1v) is 12.0. The summed E-state index contributed by atoms with van der Waals surface area (Å²) >= 11 is 3.39. The number of methoxy groups -OCH3 is 1. The molecule has 1 aliphatic rings. The van der Waals surface area contributed by atoms with E-state index in [2.05, 4.69) is 20.9 Å². The second kappa shape index (κ2) is 9.43. The molecule has 2 heterocycles. The fourth-order valence-corrected chi connectivity index (χ4v) is 4.85. The monoisotopic (exact) mass is 530 g/mol. The van der Waals surface area contributed by atoms with Gasteiger partial charge in [-0.1, -0.05) is 58.4 Å². The number of nitrogens with zero attached hydrogens (tertiary/aromatic N) is 1. The fraction of sp³-hybridized carbons (Fsp3) is 0.143. The van der Waals surface area contributed by atoms with E-state index in [1.54, 1.807) is 48.4 Å². The van der Waals surface area contributed by atoms with Crippen LogP contribution in [0.5, 0.6) is 5.75 Å². The predicted molar refractivity (Wildman–Crippen MR) is 138 cm³/mol. The van der Waals surface area contributed by atoms with E-state index in [0.29, 0.717) is 24.3 Å². The summed E-state index contributed by atoms with van der Waals surface area (Å²) in [4.78, 5) is 31.3. The summed E-state index contributed by atoms with van der Waals surface area (Å²) in [7, 11) is 1.58. The molecule has 1 unspecified atom stereocenters. The van der Waals surface area contributed by atoms with E-state index in [9.17, 15) is 14.7 Å². The lowest BCUT2D eigenvalue weighted by Gasteiger charge is -2.25. The van der Waals surface area contributed by atoms with Crippen molar-refractivity contribution in [3.63, 3.8) is 0 Å². The maximum Gasteiger partial charge on any atom is 0.295 e. The van der Waals surface area contributed by atoms with Crippen molar-refractivity contribution in [2.75, 3.05) is 13.7 Å². The van der Waals surface area contributed by atoms with Gasteiger partial charge in [-0.25, -0.2) is 0 Å². The van der Waals surface area contributed by atoms with Crippen LogP contribution in [-0.4, -0.2) is 40.3 Å². The Morgan fingerprint density at radius 2 is 1.74 bits per heavy atom. The van der Waals surface area contributed by atoms with Gasteiger partial charge in [0.25, 0.3) is 11.7 Å². The van der Waals surface area contributed by atoms with Gasteiger partial charge >= 0.3 is 0 Å². The van der Waals surface area contributed by atoms with Crippen molar-refractivity contribution in [3.05, 3.63) is 106 Å². The SMILES string of the molecule is COc1ccc(C2C(=C(O)c3ccc(Br)cc3)C(=O)C(=O)N2CCc2c[nH]c3ccccc23)cc1. The molecule has 7 heteroatoms. The van der Waals surface area contributed by atoms with E-state index in [1.165, 1.54) is 0 Å². The Labute approximate surface area is 211 Å². The maximum atomic E-state index is 13.2. The summed E-state index contributed by atoms with van der Waals surface area (Å²) in [5.74, 6) is -0.835. The van der Waals surface area contributed by atoms with Gasteiger partial charge in [0.2, 0.25) is 0 Å². The van der Waals surface area contributed by atoms with E-state index in [0.717, 1.165) is 26.5 Å². The highest BCUT2D eigenvalue weighted by molar-refractivity contribution is 9.10. The van der Waals surface area contributed by atoms with Crippen LogP contribution >= 0.6 is 15.9 Å². The van der Waals surface area contributed by atoms with Crippen LogP contribution in [0.3, 0.4) is 0 Å². The highest BCUT2D eigenvalue weighted by atomic mass is 79.9. The van der Waals surface area contributed by atoms with Crippen LogP contribution in [0.15, 0.2) is 89.0 Å². The van der Waals surface area contributed by atoms with Gasteiger partial charge in [0.05, 0.1) is 18.7 Å². The summed E-state index contributed by atoms with van der Waals surface area (Å²) in [6.07, 6.45) is 2.49. The Morgan fingerprint density at radius 3 is 2.46 bits per heavy atom. The van der Waals surface area contributed by atoms with Gasteiger partial charge in [-0.3, -0.25) is 9.59 Å². The van der Waals surface area contributed by atoms with E-state index in [1.807, 2.05) is 42.6 Å². The smallest absolute Gasteiger partial charge is 0.295 e. The first-order chi connectivity index (χ1) is 17.0. The standard InChI is InChI=1S/C28H23BrN2O4/c1-35-21-12-8-17(9-13-21)25-24(26(32)18-6-10-20(29)11-7-18)27(33)28(34)31(25)15-14-19-16-30-23-5-3-2-4-22(19)23/h2-13,16,25,30,32H,14-15H2,1H3. The number of fused-ring (bicyclic) bond motifs is 1. The number of ketones is 1.